The number of amides is 1. The second-order valence-corrected chi connectivity index (χ2v) is 9.60. The number of nitrogens with zero attached hydrogens (tertiary/aromatic N) is 1. The van der Waals surface area contributed by atoms with E-state index < -0.39 is 5.97 Å². The number of nitrogens with one attached hydrogen (secondary N) is 1. The van der Waals surface area contributed by atoms with E-state index in [0.717, 1.165) is 39.6 Å². The average molecular weight is 511 g/mol. The molecule has 0 spiro atoms. The maximum atomic E-state index is 13.7. The van der Waals surface area contributed by atoms with Gasteiger partial charge in [-0.3, -0.25) is 4.79 Å². The smallest absolute Gasteiger partial charge is 0.341 e. The van der Waals surface area contributed by atoms with Crippen LogP contribution in [0.25, 0.3) is 32.2 Å². The van der Waals surface area contributed by atoms with Crippen molar-refractivity contribution in [2.75, 3.05) is 19.0 Å². The number of unbranched alkanes of at least 4 members (excludes halogenated alkanes) is 1. The third-order valence-corrected chi connectivity index (χ3v) is 7.19. The Labute approximate surface area is 218 Å². The van der Waals surface area contributed by atoms with Crippen LogP contribution in [0.3, 0.4) is 0 Å². The zero-order valence-corrected chi connectivity index (χ0v) is 21.4. The van der Waals surface area contributed by atoms with Crippen molar-refractivity contribution in [3.05, 3.63) is 90.0 Å². The fraction of sp³-hybridized carbons (Fsp3) is 0.167. The van der Waals surface area contributed by atoms with E-state index in [1.165, 1.54) is 11.3 Å². The SMILES string of the molecule is CCCCOC(=O)c1c(NC(=O)c2cc(-c3ccc(OC)cc3)nc3ccccc23)sc2ccccc12. The maximum absolute atomic E-state index is 13.7. The number of aromatic nitrogens is 1. The summed E-state index contributed by atoms with van der Waals surface area (Å²) in [5.74, 6) is -0.00662. The zero-order valence-electron chi connectivity index (χ0n) is 20.6. The van der Waals surface area contributed by atoms with E-state index in [4.69, 9.17) is 14.5 Å². The predicted molar refractivity (Wildman–Crippen MR) is 149 cm³/mol. The number of ether oxygens (including phenoxy) is 2. The highest BCUT2D eigenvalue weighted by atomic mass is 32.1. The van der Waals surface area contributed by atoms with Gasteiger partial charge in [0.2, 0.25) is 0 Å². The minimum absolute atomic E-state index is 0.317. The first-order valence-electron chi connectivity index (χ1n) is 12.1. The van der Waals surface area contributed by atoms with Crippen LogP contribution in [-0.2, 0) is 4.74 Å². The standard InChI is InChI=1S/C30H26N2O4S/c1-3-4-17-36-30(34)27-22-10-6-8-12-26(22)37-29(27)32-28(33)23-18-25(19-13-15-20(35-2)16-14-19)31-24-11-7-5-9-21(23)24/h5-16,18H,3-4,17H2,1-2H3,(H,32,33). The lowest BCUT2D eigenvalue weighted by atomic mass is 10.0. The van der Waals surface area contributed by atoms with Crippen LogP contribution in [0.2, 0.25) is 0 Å². The molecular formula is C30H26N2O4S. The van der Waals surface area contributed by atoms with Gasteiger partial charge in [0.25, 0.3) is 5.91 Å². The zero-order chi connectivity index (χ0) is 25.8. The van der Waals surface area contributed by atoms with Gasteiger partial charge in [0.15, 0.2) is 0 Å². The molecule has 5 aromatic rings. The molecule has 5 rings (SSSR count). The average Bonchev–Trinajstić information content (AvgIpc) is 3.30. The molecule has 0 aliphatic rings. The minimum atomic E-state index is -0.431. The molecule has 2 aromatic heterocycles. The van der Waals surface area contributed by atoms with Crippen LogP contribution in [0.15, 0.2) is 78.9 Å². The summed E-state index contributed by atoms with van der Waals surface area (Å²) in [5, 5.41) is 4.97. The number of rotatable bonds is 8. The Morgan fingerprint density at radius 2 is 1.68 bits per heavy atom. The Hall–Kier alpha value is -4.23. The van der Waals surface area contributed by atoms with Crippen LogP contribution in [0, 0.1) is 0 Å². The van der Waals surface area contributed by atoms with Crippen molar-refractivity contribution < 1.29 is 19.1 Å². The van der Waals surface area contributed by atoms with Gasteiger partial charge in [-0.1, -0.05) is 49.7 Å². The molecule has 0 saturated carbocycles. The van der Waals surface area contributed by atoms with Crippen LogP contribution in [-0.4, -0.2) is 30.6 Å². The highest BCUT2D eigenvalue weighted by Crippen LogP contribution is 2.37. The largest absolute Gasteiger partial charge is 0.497 e. The fourth-order valence-corrected chi connectivity index (χ4v) is 5.25. The van der Waals surface area contributed by atoms with Crippen molar-refractivity contribution in [3.63, 3.8) is 0 Å². The van der Waals surface area contributed by atoms with Gasteiger partial charge < -0.3 is 14.8 Å². The van der Waals surface area contributed by atoms with Crippen molar-refractivity contribution in [2.45, 2.75) is 19.8 Å². The highest BCUT2D eigenvalue weighted by Gasteiger charge is 2.23. The van der Waals surface area contributed by atoms with Gasteiger partial charge in [0, 0.05) is 21.0 Å². The first kappa shape index (κ1) is 24.5. The molecule has 0 fully saturated rings. The first-order chi connectivity index (χ1) is 18.1. The minimum Gasteiger partial charge on any atom is -0.497 e. The van der Waals surface area contributed by atoms with Crippen LogP contribution in [0.1, 0.15) is 40.5 Å². The van der Waals surface area contributed by atoms with Gasteiger partial charge in [-0.15, -0.1) is 11.3 Å². The number of esters is 1. The number of carbonyl (C=O) groups excluding carboxylic acids is 2. The summed E-state index contributed by atoms with van der Waals surface area (Å²) in [7, 11) is 1.62. The second kappa shape index (κ2) is 10.8. The van der Waals surface area contributed by atoms with E-state index in [1.54, 1.807) is 13.2 Å². The quantitative estimate of drug-likeness (QED) is 0.175. The predicted octanol–water partition coefficient (Wildman–Crippen LogP) is 7.33. The molecule has 0 saturated heterocycles. The number of anilines is 1. The lowest BCUT2D eigenvalue weighted by Crippen LogP contribution is -2.15. The number of pyridine rings is 1. The summed E-state index contributed by atoms with van der Waals surface area (Å²) < 4.78 is 11.7. The molecule has 1 N–H and O–H groups in total. The van der Waals surface area contributed by atoms with E-state index in [1.807, 2.05) is 79.7 Å². The van der Waals surface area contributed by atoms with Crippen LogP contribution >= 0.6 is 11.3 Å². The summed E-state index contributed by atoms with van der Waals surface area (Å²) in [6.45, 7) is 2.38. The lowest BCUT2D eigenvalue weighted by molar-refractivity contribution is 0.0503. The topological polar surface area (TPSA) is 77.5 Å². The van der Waals surface area contributed by atoms with E-state index in [-0.39, 0.29) is 5.91 Å². The summed E-state index contributed by atoms with van der Waals surface area (Å²) in [4.78, 5) is 31.6. The van der Waals surface area contributed by atoms with Crippen molar-refractivity contribution in [3.8, 4) is 17.0 Å². The van der Waals surface area contributed by atoms with Gasteiger partial charge in [0.1, 0.15) is 16.3 Å². The Morgan fingerprint density at radius 1 is 0.946 bits per heavy atom. The molecular weight excluding hydrogens is 484 g/mol. The summed E-state index contributed by atoms with van der Waals surface area (Å²) in [6, 6.07) is 24.5. The second-order valence-electron chi connectivity index (χ2n) is 8.55. The van der Waals surface area contributed by atoms with E-state index in [2.05, 4.69) is 5.32 Å². The number of para-hydroxylation sites is 1. The van der Waals surface area contributed by atoms with E-state index in [9.17, 15) is 9.59 Å². The van der Waals surface area contributed by atoms with Crippen molar-refractivity contribution in [1.29, 1.82) is 0 Å². The van der Waals surface area contributed by atoms with Gasteiger partial charge >= 0.3 is 5.97 Å². The number of hydrogen-bond acceptors (Lipinski definition) is 6. The molecule has 0 radical (unpaired) electrons. The number of fused-ring (bicyclic) bond motifs is 2. The normalized spacial score (nSPS) is 11.0. The third kappa shape index (κ3) is 5.04. The molecule has 3 aromatic carbocycles. The molecule has 0 unspecified atom stereocenters. The third-order valence-electron chi connectivity index (χ3n) is 6.10. The van der Waals surface area contributed by atoms with Crippen LogP contribution in [0.4, 0.5) is 5.00 Å². The molecule has 1 amide bonds. The van der Waals surface area contributed by atoms with Crippen LogP contribution in [0.5, 0.6) is 5.75 Å². The van der Waals surface area contributed by atoms with Gasteiger partial charge in [-0.25, -0.2) is 9.78 Å². The Kier molecular flexibility index (Phi) is 7.14. The molecule has 186 valence electrons. The molecule has 0 aliphatic carbocycles. The van der Waals surface area contributed by atoms with Crippen LogP contribution < -0.4 is 10.1 Å². The highest BCUT2D eigenvalue weighted by molar-refractivity contribution is 7.23. The molecule has 0 aliphatic heterocycles. The summed E-state index contributed by atoms with van der Waals surface area (Å²) in [6.07, 6.45) is 1.71. The Balaban J connectivity index is 1.55. The monoisotopic (exact) mass is 510 g/mol. The molecule has 7 heteroatoms. The van der Waals surface area contributed by atoms with Gasteiger partial charge in [0.05, 0.1) is 30.5 Å². The molecule has 37 heavy (non-hydrogen) atoms. The van der Waals surface area contributed by atoms with Crippen molar-refractivity contribution >= 4 is 49.2 Å². The number of methoxy groups -OCH3 is 1. The Morgan fingerprint density at radius 3 is 2.43 bits per heavy atom. The first-order valence-corrected chi connectivity index (χ1v) is 12.9. The maximum Gasteiger partial charge on any atom is 0.341 e. The molecule has 0 bridgehead atoms. The molecule has 2 heterocycles. The van der Waals surface area contributed by atoms with E-state index in [0.29, 0.717) is 33.9 Å². The molecule has 0 atom stereocenters. The van der Waals surface area contributed by atoms with E-state index >= 15 is 0 Å². The Bertz CT molecular complexity index is 1590. The number of thiophene rings is 1. The van der Waals surface area contributed by atoms with Crippen molar-refractivity contribution in [1.82, 2.24) is 4.98 Å². The number of benzene rings is 3. The van der Waals surface area contributed by atoms with Crippen molar-refractivity contribution in [2.24, 2.45) is 0 Å². The lowest BCUT2D eigenvalue weighted by Gasteiger charge is -2.11. The summed E-state index contributed by atoms with van der Waals surface area (Å²) in [5.41, 5.74) is 3.10. The number of hydrogen-bond donors (Lipinski definition) is 1. The summed E-state index contributed by atoms with van der Waals surface area (Å²) >= 11 is 1.36. The number of carbonyl (C=O) groups is 2. The fourth-order valence-electron chi connectivity index (χ4n) is 4.16. The van der Waals surface area contributed by atoms with Gasteiger partial charge in [-0.05, 0) is 48.9 Å². The molecule has 6 nitrogen and oxygen atoms in total. The van der Waals surface area contributed by atoms with Gasteiger partial charge in [-0.2, -0.15) is 0 Å².